The second-order valence-electron chi connectivity index (χ2n) is 5.29. The molecule has 0 bridgehead atoms. The number of esters is 1. The molecule has 0 spiro atoms. The van der Waals surface area contributed by atoms with Gasteiger partial charge >= 0.3 is 5.97 Å². The van der Waals surface area contributed by atoms with Gasteiger partial charge < -0.3 is 4.74 Å². The third-order valence-electron chi connectivity index (χ3n) is 3.66. The molecule has 1 aliphatic rings. The van der Waals surface area contributed by atoms with E-state index < -0.39 is 16.0 Å². The molecule has 0 radical (unpaired) electrons. The molecule has 0 aliphatic heterocycles. The molecular weight excluding hydrogens is 314 g/mol. The number of benzene rings is 1. The van der Waals surface area contributed by atoms with Crippen LogP contribution in [0.15, 0.2) is 17.0 Å². The summed E-state index contributed by atoms with van der Waals surface area (Å²) in [6, 6.07) is 2.64. The van der Waals surface area contributed by atoms with E-state index in [-0.39, 0.29) is 21.6 Å². The second kappa shape index (κ2) is 6.34. The molecule has 21 heavy (non-hydrogen) atoms. The zero-order valence-corrected chi connectivity index (χ0v) is 13.3. The lowest BCUT2D eigenvalue weighted by atomic mass is 9.98. The van der Waals surface area contributed by atoms with Crippen molar-refractivity contribution in [3.8, 4) is 0 Å². The third-order valence-corrected chi connectivity index (χ3v) is 5.09. The van der Waals surface area contributed by atoms with Gasteiger partial charge in [0.15, 0.2) is 0 Å². The molecule has 0 unspecified atom stereocenters. The molecule has 1 fully saturated rings. The van der Waals surface area contributed by atoms with E-state index in [0.717, 1.165) is 32.1 Å². The van der Waals surface area contributed by atoms with Gasteiger partial charge in [0.2, 0.25) is 10.0 Å². The zero-order chi connectivity index (χ0) is 15.6. The predicted molar refractivity (Wildman–Crippen MR) is 79.9 cm³/mol. The van der Waals surface area contributed by atoms with Crippen molar-refractivity contribution in [3.05, 3.63) is 28.3 Å². The highest BCUT2D eigenvalue weighted by molar-refractivity contribution is 7.89. The van der Waals surface area contributed by atoms with Gasteiger partial charge in [-0.2, -0.15) is 0 Å². The molecule has 0 heterocycles. The first-order chi connectivity index (χ1) is 9.79. The molecular formula is C14H18ClNO4S. The average molecular weight is 332 g/mol. The fourth-order valence-electron chi connectivity index (χ4n) is 2.47. The maximum atomic E-state index is 12.1. The smallest absolute Gasteiger partial charge is 0.338 e. The normalized spacial score (nSPS) is 16.7. The minimum atomic E-state index is -3.94. The van der Waals surface area contributed by atoms with Crippen LogP contribution in [0.25, 0.3) is 0 Å². The Hall–Kier alpha value is -1.11. The van der Waals surface area contributed by atoms with Gasteiger partial charge in [-0.15, -0.1) is 0 Å². The monoisotopic (exact) mass is 331 g/mol. The first-order valence-corrected chi connectivity index (χ1v) is 8.75. The second-order valence-corrected chi connectivity index (χ2v) is 7.23. The Morgan fingerprint density at radius 2 is 1.90 bits per heavy atom. The fraction of sp³-hybridized carbons (Fsp3) is 0.500. The quantitative estimate of drug-likeness (QED) is 0.863. The number of sulfonamides is 1. The standard InChI is InChI=1S/C14H18ClNO4S/c1-9-12(15)7-10(8-13(9)21(16,18)19)14(17)20-11-5-3-2-4-6-11/h7-8,11H,2-6H2,1H3,(H2,16,18,19). The summed E-state index contributed by atoms with van der Waals surface area (Å²) in [5.74, 6) is -0.561. The van der Waals surface area contributed by atoms with E-state index in [1.807, 2.05) is 0 Å². The summed E-state index contributed by atoms with van der Waals surface area (Å²) in [7, 11) is -3.94. The van der Waals surface area contributed by atoms with Crippen LogP contribution in [-0.4, -0.2) is 20.5 Å². The number of ether oxygens (including phenoxy) is 1. The summed E-state index contributed by atoms with van der Waals surface area (Å²) in [5, 5.41) is 5.32. The summed E-state index contributed by atoms with van der Waals surface area (Å²) in [6.07, 6.45) is 4.80. The van der Waals surface area contributed by atoms with Gasteiger partial charge in [-0.1, -0.05) is 18.0 Å². The van der Waals surface area contributed by atoms with Gasteiger partial charge in [0.05, 0.1) is 10.5 Å². The molecule has 1 saturated carbocycles. The molecule has 0 aromatic heterocycles. The Balaban J connectivity index is 2.27. The van der Waals surface area contributed by atoms with Crippen LogP contribution in [0.4, 0.5) is 0 Å². The first-order valence-electron chi connectivity index (χ1n) is 6.83. The van der Waals surface area contributed by atoms with Crippen LogP contribution in [0.3, 0.4) is 0 Å². The minimum Gasteiger partial charge on any atom is -0.459 e. The maximum Gasteiger partial charge on any atom is 0.338 e. The number of carbonyl (C=O) groups is 1. The van der Waals surface area contributed by atoms with Crippen LogP contribution in [0, 0.1) is 6.92 Å². The van der Waals surface area contributed by atoms with E-state index in [0.29, 0.717) is 5.56 Å². The molecule has 1 aliphatic carbocycles. The van der Waals surface area contributed by atoms with Crippen molar-refractivity contribution in [2.45, 2.75) is 50.0 Å². The number of hydrogen-bond acceptors (Lipinski definition) is 4. The van der Waals surface area contributed by atoms with Gasteiger partial charge in [-0.25, -0.2) is 18.4 Å². The van der Waals surface area contributed by atoms with Crippen molar-refractivity contribution in [1.29, 1.82) is 0 Å². The van der Waals surface area contributed by atoms with Crippen LogP contribution in [0.5, 0.6) is 0 Å². The maximum absolute atomic E-state index is 12.1. The Labute approximate surface area is 129 Å². The van der Waals surface area contributed by atoms with Gasteiger partial charge in [-0.3, -0.25) is 0 Å². The van der Waals surface area contributed by atoms with E-state index >= 15 is 0 Å². The van der Waals surface area contributed by atoms with Gasteiger partial charge in [-0.05, 0) is 50.3 Å². The van der Waals surface area contributed by atoms with Crippen molar-refractivity contribution in [2.24, 2.45) is 5.14 Å². The molecule has 1 aromatic rings. The number of hydrogen-bond donors (Lipinski definition) is 1. The van der Waals surface area contributed by atoms with Crippen LogP contribution < -0.4 is 5.14 Å². The number of halogens is 1. The largest absolute Gasteiger partial charge is 0.459 e. The summed E-state index contributed by atoms with van der Waals surface area (Å²) in [5.41, 5.74) is 0.439. The van der Waals surface area contributed by atoms with E-state index in [9.17, 15) is 13.2 Å². The SMILES string of the molecule is Cc1c(Cl)cc(C(=O)OC2CCCCC2)cc1S(N)(=O)=O. The zero-order valence-electron chi connectivity index (χ0n) is 11.8. The van der Waals surface area contributed by atoms with E-state index in [1.165, 1.54) is 12.1 Å². The lowest BCUT2D eigenvalue weighted by Crippen LogP contribution is -2.21. The topological polar surface area (TPSA) is 86.5 Å². The predicted octanol–water partition coefficient (Wildman–Crippen LogP) is 2.79. The van der Waals surface area contributed by atoms with E-state index in [4.69, 9.17) is 21.5 Å². The minimum absolute atomic E-state index is 0.107. The fourth-order valence-corrected chi connectivity index (χ4v) is 3.57. The van der Waals surface area contributed by atoms with Gasteiger partial charge in [0, 0.05) is 5.02 Å². The Kier molecular flexibility index (Phi) is 4.91. The first kappa shape index (κ1) is 16.3. The van der Waals surface area contributed by atoms with Gasteiger partial charge in [0.25, 0.3) is 0 Å². The lowest BCUT2D eigenvalue weighted by molar-refractivity contribution is 0.0211. The highest BCUT2D eigenvalue weighted by Gasteiger charge is 2.22. The van der Waals surface area contributed by atoms with E-state index in [1.54, 1.807) is 6.92 Å². The molecule has 2 N–H and O–H groups in total. The molecule has 7 heteroatoms. The molecule has 2 rings (SSSR count). The van der Waals surface area contributed by atoms with Crippen molar-refractivity contribution in [2.75, 3.05) is 0 Å². The summed E-state index contributed by atoms with van der Waals surface area (Å²) in [6.45, 7) is 1.54. The summed E-state index contributed by atoms with van der Waals surface area (Å²) in [4.78, 5) is 12.0. The molecule has 0 amide bonds. The number of rotatable bonds is 3. The van der Waals surface area contributed by atoms with Crippen molar-refractivity contribution >= 4 is 27.6 Å². The van der Waals surface area contributed by atoms with E-state index in [2.05, 4.69) is 0 Å². The summed E-state index contributed by atoms with van der Waals surface area (Å²) >= 11 is 5.98. The number of primary sulfonamides is 1. The molecule has 0 saturated heterocycles. The number of carbonyl (C=O) groups excluding carboxylic acids is 1. The Morgan fingerprint density at radius 3 is 2.48 bits per heavy atom. The van der Waals surface area contributed by atoms with Gasteiger partial charge in [0.1, 0.15) is 6.10 Å². The lowest BCUT2D eigenvalue weighted by Gasteiger charge is -2.22. The van der Waals surface area contributed by atoms with Crippen molar-refractivity contribution in [1.82, 2.24) is 0 Å². The highest BCUT2D eigenvalue weighted by atomic mass is 35.5. The molecule has 1 aromatic carbocycles. The Bertz CT molecular complexity index is 651. The van der Waals surface area contributed by atoms with Crippen LogP contribution >= 0.6 is 11.6 Å². The van der Waals surface area contributed by atoms with Crippen LogP contribution in [0.2, 0.25) is 5.02 Å². The molecule has 116 valence electrons. The third kappa shape index (κ3) is 3.96. The van der Waals surface area contributed by atoms with Crippen molar-refractivity contribution < 1.29 is 17.9 Å². The number of nitrogens with two attached hydrogens (primary N) is 1. The highest BCUT2D eigenvalue weighted by Crippen LogP contribution is 2.26. The van der Waals surface area contributed by atoms with Crippen LogP contribution in [-0.2, 0) is 14.8 Å². The summed E-state index contributed by atoms with van der Waals surface area (Å²) < 4.78 is 28.5. The average Bonchev–Trinajstić information content (AvgIpc) is 2.41. The van der Waals surface area contributed by atoms with Crippen molar-refractivity contribution in [3.63, 3.8) is 0 Å². The van der Waals surface area contributed by atoms with Crippen LogP contribution in [0.1, 0.15) is 48.0 Å². The molecule has 5 nitrogen and oxygen atoms in total. The Morgan fingerprint density at radius 1 is 1.29 bits per heavy atom. The molecule has 0 atom stereocenters.